The summed E-state index contributed by atoms with van der Waals surface area (Å²) in [4.78, 5) is 0. The molecule has 0 radical (unpaired) electrons. The molecule has 0 bridgehead atoms. The van der Waals surface area contributed by atoms with Gasteiger partial charge in [0.1, 0.15) is 6.33 Å². The largest absolute Gasteiger partial charge is 0.307 e. The fraction of sp³-hybridized carbons (Fsp3) is 0.375. The van der Waals surface area contributed by atoms with Crippen molar-refractivity contribution in [2.45, 2.75) is 38.3 Å². The van der Waals surface area contributed by atoms with Crippen molar-refractivity contribution in [2.24, 2.45) is 0 Å². The maximum Gasteiger partial charge on any atom is 0.143 e. The van der Waals surface area contributed by atoms with Crippen LogP contribution in [0.4, 0.5) is 0 Å². The Morgan fingerprint density at radius 2 is 2.17 bits per heavy atom. The summed E-state index contributed by atoms with van der Waals surface area (Å²) in [5, 5.41) is 22.2. The zero-order valence-corrected chi connectivity index (χ0v) is 13.0. The second kappa shape index (κ2) is 5.92. The van der Waals surface area contributed by atoms with Gasteiger partial charge < -0.3 is 5.32 Å². The number of H-pyrrole nitrogens is 1. The summed E-state index contributed by atoms with van der Waals surface area (Å²) in [5.74, 6) is 0. The topological polar surface area (TPSA) is 84.3 Å². The van der Waals surface area contributed by atoms with Gasteiger partial charge in [-0.25, -0.2) is 4.68 Å². The van der Waals surface area contributed by atoms with Crippen molar-refractivity contribution >= 4 is 0 Å². The average Bonchev–Trinajstić information content (AvgIpc) is 3.26. The third-order valence-corrected chi connectivity index (χ3v) is 4.51. The SMILES string of the molecule is C[C@@H](N[C@@H]1CCc2[nH]ncc2C1)c1ccc(-n2cnnn2)cc1. The molecule has 0 unspecified atom stereocenters. The highest BCUT2D eigenvalue weighted by Crippen LogP contribution is 2.22. The number of fused-ring (bicyclic) bond motifs is 1. The van der Waals surface area contributed by atoms with E-state index >= 15 is 0 Å². The van der Waals surface area contributed by atoms with Crippen molar-refractivity contribution in [2.75, 3.05) is 0 Å². The Balaban J connectivity index is 1.42. The maximum atomic E-state index is 4.14. The van der Waals surface area contributed by atoms with Crippen LogP contribution >= 0.6 is 0 Å². The molecule has 0 fully saturated rings. The first-order valence-corrected chi connectivity index (χ1v) is 7.90. The quantitative estimate of drug-likeness (QED) is 0.764. The van der Waals surface area contributed by atoms with Gasteiger partial charge in [-0.15, -0.1) is 5.10 Å². The van der Waals surface area contributed by atoms with E-state index in [2.05, 4.69) is 50.1 Å². The van der Waals surface area contributed by atoms with Crippen LogP contribution < -0.4 is 5.32 Å². The van der Waals surface area contributed by atoms with E-state index in [1.54, 1.807) is 11.0 Å². The number of hydrogen-bond donors (Lipinski definition) is 2. The van der Waals surface area contributed by atoms with Crippen LogP contribution in [0.2, 0.25) is 0 Å². The molecule has 118 valence electrons. The highest BCUT2D eigenvalue weighted by atomic mass is 15.5. The van der Waals surface area contributed by atoms with Crippen molar-refractivity contribution in [3.05, 3.63) is 53.6 Å². The summed E-state index contributed by atoms with van der Waals surface area (Å²) >= 11 is 0. The molecule has 4 rings (SSSR count). The molecule has 0 aliphatic heterocycles. The Hall–Kier alpha value is -2.54. The number of nitrogens with one attached hydrogen (secondary N) is 2. The second-order valence-corrected chi connectivity index (χ2v) is 6.05. The predicted molar refractivity (Wildman–Crippen MR) is 85.1 cm³/mol. The van der Waals surface area contributed by atoms with Crippen molar-refractivity contribution < 1.29 is 0 Å². The van der Waals surface area contributed by atoms with E-state index < -0.39 is 0 Å². The third kappa shape index (κ3) is 2.87. The van der Waals surface area contributed by atoms with E-state index in [-0.39, 0.29) is 0 Å². The molecule has 2 N–H and O–H groups in total. The Labute approximate surface area is 134 Å². The monoisotopic (exact) mass is 309 g/mol. The molecule has 1 aliphatic rings. The van der Waals surface area contributed by atoms with Crippen molar-refractivity contribution in [3.8, 4) is 5.69 Å². The molecule has 1 aliphatic carbocycles. The smallest absolute Gasteiger partial charge is 0.143 e. The Kier molecular flexibility index (Phi) is 3.63. The van der Waals surface area contributed by atoms with Crippen LogP contribution in [0.3, 0.4) is 0 Å². The van der Waals surface area contributed by atoms with Gasteiger partial charge in [0.2, 0.25) is 0 Å². The molecule has 2 atom stereocenters. The Bertz CT molecular complexity index is 760. The minimum Gasteiger partial charge on any atom is -0.307 e. The van der Waals surface area contributed by atoms with Crippen LogP contribution in [0, 0.1) is 0 Å². The van der Waals surface area contributed by atoms with Crippen molar-refractivity contribution in [1.82, 2.24) is 35.7 Å². The van der Waals surface area contributed by atoms with Gasteiger partial charge in [0.25, 0.3) is 0 Å². The molecule has 0 spiro atoms. The van der Waals surface area contributed by atoms with Gasteiger partial charge >= 0.3 is 0 Å². The number of aromatic nitrogens is 6. The molecule has 0 saturated heterocycles. The van der Waals surface area contributed by atoms with E-state index in [1.807, 2.05) is 18.3 Å². The van der Waals surface area contributed by atoms with Gasteiger partial charge in [0, 0.05) is 17.8 Å². The maximum absolute atomic E-state index is 4.14. The Morgan fingerprint density at radius 3 is 2.96 bits per heavy atom. The van der Waals surface area contributed by atoms with Gasteiger partial charge in [-0.05, 0) is 59.9 Å². The van der Waals surface area contributed by atoms with Gasteiger partial charge in [-0.1, -0.05) is 12.1 Å². The number of tetrazole rings is 1. The normalized spacial score (nSPS) is 18.6. The fourth-order valence-electron chi connectivity index (χ4n) is 3.20. The van der Waals surface area contributed by atoms with Crippen molar-refractivity contribution in [3.63, 3.8) is 0 Å². The average molecular weight is 309 g/mol. The highest BCUT2D eigenvalue weighted by molar-refractivity contribution is 5.34. The first kappa shape index (κ1) is 14.1. The number of aromatic amines is 1. The summed E-state index contributed by atoms with van der Waals surface area (Å²) in [6.45, 7) is 2.21. The van der Waals surface area contributed by atoms with Crippen LogP contribution in [0.1, 0.15) is 36.2 Å². The lowest BCUT2D eigenvalue weighted by atomic mass is 9.92. The van der Waals surface area contributed by atoms with Crippen LogP contribution in [-0.2, 0) is 12.8 Å². The van der Waals surface area contributed by atoms with E-state index in [9.17, 15) is 0 Å². The molecule has 3 aromatic rings. The van der Waals surface area contributed by atoms with E-state index in [0.717, 1.165) is 24.9 Å². The van der Waals surface area contributed by atoms with E-state index in [1.165, 1.54) is 16.8 Å². The first-order chi connectivity index (χ1) is 11.3. The summed E-state index contributed by atoms with van der Waals surface area (Å²) in [6.07, 6.45) is 6.80. The summed E-state index contributed by atoms with van der Waals surface area (Å²) in [5.41, 5.74) is 4.86. The van der Waals surface area contributed by atoms with Crippen LogP contribution in [0.25, 0.3) is 5.69 Å². The zero-order valence-electron chi connectivity index (χ0n) is 13.0. The van der Waals surface area contributed by atoms with Gasteiger partial charge in [0.05, 0.1) is 11.9 Å². The molecule has 0 amide bonds. The number of rotatable bonds is 4. The predicted octanol–water partition coefficient (Wildman–Crippen LogP) is 1.59. The third-order valence-electron chi connectivity index (χ3n) is 4.51. The molecular formula is C16H19N7. The number of hydrogen-bond acceptors (Lipinski definition) is 5. The molecule has 2 heterocycles. The van der Waals surface area contributed by atoms with Crippen molar-refractivity contribution in [1.29, 1.82) is 0 Å². The molecule has 7 heteroatoms. The van der Waals surface area contributed by atoms with Gasteiger partial charge in [0.15, 0.2) is 0 Å². The lowest BCUT2D eigenvalue weighted by Crippen LogP contribution is -2.36. The summed E-state index contributed by atoms with van der Waals surface area (Å²) in [6, 6.07) is 9.13. The molecule has 7 nitrogen and oxygen atoms in total. The standard InChI is InChI=1S/C16H19N7/c1-11(19-14-4-7-16-13(8-14)9-17-20-16)12-2-5-15(6-3-12)23-10-18-21-22-23/h2-3,5-6,9-11,14,19H,4,7-8H2,1H3,(H,17,20)/t11-,14-/m1/s1. The van der Waals surface area contributed by atoms with Gasteiger partial charge in [-0.3, -0.25) is 5.10 Å². The molecule has 1 aromatic carbocycles. The number of aryl methyl sites for hydroxylation is 1. The minimum atomic E-state index is 0.302. The number of nitrogens with zero attached hydrogens (tertiary/aromatic N) is 5. The molecule has 0 saturated carbocycles. The minimum absolute atomic E-state index is 0.302. The van der Waals surface area contributed by atoms with Crippen LogP contribution in [0.5, 0.6) is 0 Å². The van der Waals surface area contributed by atoms with Crippen LogP contribution in [0.15, 0.2) is 36.8 Å². The van der Waals surface area contributed by atoms with Gasteiger partial charge in [-0.2, -0.15) is 5.10 Å². The van der Waals surface area contributed by atoms with Crippen LogP contribution in [-0.4, -0.2) is 36.4 Å². The molecule has 23 heavy (non-hydrogen) atoms. The number of benzene rings is 1. The lowest BCUT2D eigenvalue weighted by Gasteiger charge is -2.26. The Morgan fingerprint density at radius 1 is 1.30 bits per heavy atom. The summed E-state index contributed by atoms with van der Waals surface area (Å²) < 4.78 is 1.66. The van der Waals surface area contributed by atoms with E-state index in [0.29, 0.717) is 12.1 Å². The zero-order chi connectivity index (χ0) is 15.6. The summed E-state index contributed by atoms with van der Waals surface area (Å²) in [7, 11) is 0. The second-order valence-electron chi connectivity index (χ2n) is 6.05. The highest BCUT2D eigenvalue weighted by Gasteiger charge is 2.21. The fourth-order valence-corrected chi connectivity index (χ4v) is 3.20. The van der Waals surface area contributed by atoms with E-state index in [4.69, 9.17) is 0 Å². The first-order valence-electron chi connectivity index (χ1n) is 7.90. The lowest BCUT2D eigenvalue weighted by molar-refractivity contribution is 0.412. The molecule has 2 aromatic heterocycles. The molecular weight excluding hydrogens is 290 g/mol.